The molecule has 6 nitrogen and oxygen atoms in total. The fourth-order valence-corrected chi connectivity index (χ4v) is 3.02. The number of benzene rings is 1. The summed E-state index contributed by atoms with van der Waals surface area (Å²) in [5, 5.41) is 2.90. The molecule has 1 aromatic heterocycles. The van der Waals surface area contributed by atoms with E-state index in [1.807, 2.05) is 31.2 Å². The van der Waals surface area contributed by atoms with Gasteiger partial charge in [-0.15, -0.1) is 0 Å². The monoisotopic (exact) mass is 390 g/mol. The number of aryl methyl sites for hydroxylation is 2. The third-order valence-corrected chi connectivity index (χ3v) is 4.80. The van der Waals surface area contributed by atoms with Crippen LogP contribution >= 0.6 is 0 Å². The Kier molecular flexibility index (Phi) is 6.06. The minimum absolute atomic E-state index is 0.0665. The predicted molar refractivity (Wildman–Crippen MR) is 101 cm³/mol. The average molecular weight is 390 g/mol. The Bertz CT molecular complexity index is 797. The van der Waals surface area contributed by atoms with Crippen LogP contribution in [0.1, 0.15) is 23.2 Å². The molecule has 1 atom stereocenters. The first-order valence-corrected chi connectivity index (χ1v) is 9.21. The van der Waals surface area contributed by atoms with Gasteiger partial charge < -0.3 is 15.0 Å². The SMILES string of the molecule is Cc1ccc(COC(=O)N2CC[C@H](CNc3cnc(C)cn3)C(F)(F)C2)cc1. The van der Waals surface area contributed by atoms with Crippen molar-refractivity contribution in [2.24, 2.45) is 5.92 Å². The summed E-state index contributed by atoms with van der Waals surface area (Å²) in [4.78, 5) is 21.5. The third-order valence-electron chi connectivity index (χ3n) is 4.80. The van der Waals surface area contributed by atoms with Gasteiger partial charge in [-0.2, -0.15) is 0 Å². The summed E-state index contributed by atoms with van der Waals surface area (Å²) < 4.78 is 34.3. The number of amides is 1. The van der Waals surface area contributed by atoms with E-state index in [4.69, 9.17) is 4.74 Å². The summed E-state index contributed by atoms with van der Waals surface area (Å²) in [7, 11) is 0. The van der Waals surface area contributed by atoms with Crippen molar-refractivity contribution in [2.75, 3.05) is 25.0 Å². The molecule has 1 saturated heterocycles. The number of hydrogen-bond acceptors (Lipinski definition) is 5. The Morgan fingerprint density at radius 3 is 2.64 bits per heavy atom. The van der Waals surface area contributed by atoms with Gasteiger partial charge in [0, 0.05) is 19.0 Å². The molecule has 1 N–H and O–H groups in total. The molecule has 0 unspecified atom stereocenters. The summed E-state index contributed by atoms with van der Waals surface area (Å²) in [6.45, 7) is 3.48. The molecule has 2 aromatic rings. The standard InChI is InChI=1S/C20H24F2N4O2/c1-14-3-5-16(6-4-14)12-28-19(27)26-8-7-17(20(21,22)13-26)10-25-18-11-23-15(2)9-24-18/h3-6,9,11,17H,7-8,10,12-13H2,1-2H3,(H,24,25)/t17-/m1/s1. The van der Waals surface area contributed by atoms with Crippen LogP contribution in [0.4, 0.5) is 19.4 Å². The van der Waals surface area contributed by atoms with Crippen molar-refractivity contribution in [2.45, 2.75) is 32.8 Å². The Morgan fingerprint density at radius 1 is 1.25 bits per heavy atom. The fraction of sp³-hybridized carbons (Fsp3) is 0.450. The summed E-state index contributed by atoms with van der Waals surface area (Å²) in [6.07, 6.45) is 2.56. The lowest BCUT2D eigenvalue weighted by Gasteiger charge is -2.37. The summed E-state index contributed by atoms with van der Waals surface area (Å²) >= 11 is 0. The second-order valence-corrected chi connectivity index (χ2v) is 7.13. The molecule has 150 valence electrons. The second kappa shape index (κ2) is 8.50. The maximum absolute atomic E-state index is 14.5. The Hall–Kier alpha value is -2.77. The zero-order chi connectivity index (χ0) is 20.1. The molecular weight excluding hydrogens is 366 g/mol. The van der Waals surface area contributed by atoms with Gasteiger partial charge in [0.15, 0.2) is 0 Å². The smallest absolute Gasteiger partial charge is 0.410 e. The minimum Gasteiger partial charge on any atom is -0.445 e. The quantitative estimate of drug-likeness (QED) is 0.841. The van der Waals surface area contributed by atoms with Crippen LogP contribution in [0.15, 0.2) is 36.7 Å². The molecule has 1 aliphatic rings. The molecule has 1 aromatic carbocycles. The molecule has 28 heavy (non-hydrogen) atoms. The number of aromatic nitrogens is 2. The summed E-state index contributed by atoms with van der Waals surface area (Å²) in [6, 6.07) is 7.52. The van der Waals surface area contributed by atoms with E-state index < -0.39 is 24.5 Å². The molecule has 2 heterocycles. The van der Waals surface area contributed by atoms with Gasteiger partial charge in [0.05, 0.1) is 24.6 Å². The van der Waals surface area contributed by atoms with E-state index in [0.717, 1.165) is 21.7 Å². The number of alkyl halides is 2. The van der Waals surface area contributed by atoms with Crippen molar-refractivity contribution >= 4 is 11.9 Å². The van der Waals surface area contributed by atoms with Crippen LogP contribution in [0.2, 0.25) is 0 Å². The first-order valence-electron chi connectivity index (χ1n) is 9.21. The molecule has 0 radical (unpaired) electrons. The fourth-order valence-electron chi connectivity index (χ4n) is 3.02. The zero-order valence-electron chi connectivity index (χ0n) is 16.0. The van der Waals surface area contributed by atoms with Crippen molar-refractivity contribution < 1.29 is 18.3 Å². The van der Waals surface area contributed by atoms with Crippen molar-refractivity contribution in [3.05, 3.63) is 53.5 Å². The highest BCUT2D eigenvalue weighted by molar-refractivity contribution is 5.68. The van der Waals surface area contributed by atoms with Gasteiger partial charge in [0.25, 0.3) is 5.92 Å². The summed E-state index contributed by atoms with van der Waals surface area (Å²) in [5.41, 5.74) is 2.68. The highest BCUT2D eigenvalue weighted by Gasteiger charge is 2.46. The van der Waals surface area contributed by atoms with Crippen LogP contribution in [0.3, 0.4) is 0 Å². The number of carbonyl (C=O) groups is 1. The van der Waals surface area contributed by atoms with Gasteiger partial charge in [0.2, 0.25) is 0 Å². The number of piperidine rings is 1. The van der Waals surface area contributed by atoms with Crippen molar-refractivity contribution in [3.8, 4) is 0 Å². The normalized spacial score (nSPS) is 18.6. The number of nitrogens with zero attached hydrogens (tertiary/aromatic N) is 3. The molecular formula is C20H24F2N4O2. The molecule has 8 heteroatoms. The van der Waals surface area contributed by atoms with Crippen LogP contribution in [0.25, 0.3) is 0 Å². The number of ether oxygens (including phenoxy) is 1. The molecule has 1 amide bonds. The van der Waals surface area contributed by atoms with Crippen molar-refractivity contribution in [3.63, 3.8) is 0 Å². The highest BCUT2D eigenvalue weighted by atomic mass is 19.3. The van der Waals surface area contributed by atoms with Gasteiger partial charge >= 0.3 is 6.09 Å². The number of likely N-dealkylation sites (tertiary alicyclic amines) is 1. The van der Waals surface area contributed by atoms with E-state index >= 15 is 0 Å². The molecule has 0 spiro atoms. The minimum atomic E-state index is -3.01. The molecule has 0 aliphatic carbocycles. The zero-order valence-corrected chi connectivity index (χ0v) is 16.0. The van der Waals surface area contributed by atoms with E-state index in [0.29, 0.717) is 5.82 Å². The van der Waals surface area contributed by atoms with Crippen LogP contribution in [-0.4, -0.2) is 46.5 Å². The lowest BCUT2D eigenvalue weighted by molar-refractivity contribution is -0.101. The number of halogens is 2. The second-order valence-electron chi connectivity index (χ2n) is 7.13. The van der Waals surface area contributed by atoms with E-state index in [2.05, 4.69) is 15.3 Å². The van der Waals surface area contributed by atoms with Gasteiger partial charge in [-0.25, -0.2) is 18.6 Å². The van der Waals surface area contributed by atoms with Crippen LogP contribution in [0, 0.1) is 19.8 Å². The predicted octanol–water partition coefficient (Wildman–Crippen LogP) is 3.80. The number of carbonyl (C=O) groups excluding carboxylic acids is 1. The molecule has 3 rings (SSSR count). The van der Waals surface area contributed by atoms with Crippen LogP contribution in [-0.2, 0) is 11.3 Å². The molecule has 1 fully saturated rings. The lowest BCUT2D eigenvalue weighted by atomic mass is 9.93. The largest absolute Gasteiger partial charge is 0.445 e. The number of anilines is 1. The van der Waals surface area contributed by atoms with Crippen LogP contribution < -0.4 is 5.32 Å². The van der Waals surface area contributed by atoms with Crippen molar-refractivity contribution in [1.82, 2.24) is 14.9 Å². The third kappa shape index (κ3) is 5.15. The van der Waals surface area contributed by atoms with Gasteiger partial charge in [-0.05, 0) is 25.8 Å². The highest BCUT2D eigenvalue weighted by Crippen LogP contribution is 2.33. The topological polar surface area (TPSA) is 67.3 Å². The first kappa shape index (κ1) is 20.0. The Balaban J connectivity index is 1.49. The van der Waals surface area contributed by atoms with Crippen LogP contribution in [0.5, 0.6) is 0 Å². The maximum atomic E-state index is 14.5. The Morgan fingerprint density at radius 2 is 2.00 bits per heavy atom. The first-order chi connectivity index (χ1) is 13.3. The number of hydrogen-bond donors (Lipinski definition) is 1. The van der Waals surface area contributed by atoms with Gasteiger partial charge in [-0.3, -0.25) is 4.98 Å². The van der Waals surface area contributed by atoms with E-state index in [9.17, 15) is 13.6 Å². The van der Waals surface area contributed by atoms with Gasteiger partial charge in [-0.1, -0.05) is 29.8 Å². The average Bonchev–Trinajstić information content (AvgIpc) is 2.67. The Labute approximate surface area is 162 Å². The lowest BCUT2D eigenvalue weighted by Crippen LogP contribution is -2.52. The molecule has 0 saturated carbocycles. The maximum Gasteiger partial charge on any atom is 0.410 e. The van der Waals surface area contributed by atoms with Gasteiger partial charge in [0.1, 0.15) is 12.4 Å². The van der Waals surface area contributed by atoms with E-state index in [-0.39, 0.29) is 26.1 Å². The van der Waals surface area contributed by atoms with E-state index in [1.165, 1.54) is 6.20 Å². The molecule has 0 bridgehead atoms. The summed E-state index contributed by atoms with van der Waals surface area (Å²) in [5.74, 6) is -3.44. The van der Waals surface area contributed by atoms with Crippen molar-refractivity contribution in [1.29, 1.82) is 0 Å². The number of rotatable bonds is 5. The van der Waals surface area contributed by atoms with E-state index in [1.54, 1.807) is 13.1 Å². The number of nitrogens with one attached hydrogen (secondary N) is 1. The molecule has 1 aliphatic heterocycles.